The molecule has 0 spiro atoms. The number of ether oxygens (including phenoxy) is 1. The number of carbonyl (C=O) groups is 2. The first-order chi connectivity index (χ1) is 12.5. The van der Waals surface area contributed by atoms with Crippen LogP contribution in [0.5, 0.6) is 0 Å². The fourth-order valence-corrected chi connectivity index (χ4v) is 3.63. The topological polar surface area (TPSA) is 68.3 Å². The molecule has 1 aromatic heterocycles. The van der Waals surface area contributed by atoms with Crippen LogP contribution in [-0.2, 0) is 16.0 Å². The van der Waals surface area contributed by atoms with Crippen molar-refractivity contribution in [2.24, 2.45) is 0 Å². The molecule has 1 aliphatic rings. The van der Waals surface area contributed by atoms with Crippen LogP contribution in [0, 0.1) is 0 Å². The molecule has 26 heavy (non-hydrogen) atoms. The van der Waals surface area contributed by atoms with E-state index in [1.165, 1.54) is 0 Å². The average Bonchev–Trinajstić information content (AvgIpc) is 3.17. The van der Waals surface area contributed by atoms with Gasteiger partial charge >= 0.3 is 5.97 Å². The number of nitrogens with zero attached hydrogens (tertiary/aromatic N) is 1. The number of fused-ring (bicyclic) bond motifs is 1. The number of rotatable bonds is 3. The van der Waals surface area contributed by atoms with Gasteiger partial charge in [-0.3, -0.25) is 4.79 Å². The lowest BCUT2D eigenvalue weighted by molar-refractivity contribution is -0.134. The second-order valence-corrected chi connectivity index (χ2v) is 7.22. The standard InChI is InChI=1S/C20H16N2O3S/c1-20(12-14-4-2-3-5-16(14)18(23)25-20)19(24)22-15-8-6-13(7-9-15)17-21-10-11-26-17/h2-11H,12H2,1H3,(H,22,24)/t20-/m0/s1. The van der Waals surface area contributed by atoms with Gasteiger partial charge in [0.25, 0.3) is 5.91 Å². The Morgan fingerprint density at radius 2 is 1.96 bits per heavy atom. The van der Waals surface area contributed by atoms with E-state index in [1.54, 1.807) is 36.6 Å². The van der Waals surface area contributed by atoms with Crippen molar-refractivity contribution < 1.29 is 14.3 Å². The van der Waals surface area contributed by atoms with E-state index in [0.717, 1.165) is 16.1 Å². The second kappa shape index (κ2) is 6.38. The van der Waals surface area contributed by atoms with E-state index in [-0.39, 0.29) is 5.91 Å². The van der Waals surface area contributed by atoms with Gasteiger partial charge in [0.05, 0.1) is 5.56 Å². The number of hydrogen-bond donors (Lipinski definition) is 1. The fourth-order valence-electron chi connectivity index (χ4n) is 2.98. The van der Waals surface area contributed by atoms with Crippen molar-refractivity contribution in [2.45, 2.75) is 18.9 Å². The molecule has 0 aliphatic carbocycles. The van der Waals surface area contributed by atoms with E-state index in [1.807, 2.05) is 41.8 Å². The highest BCUT2D eigenvalue weighted by Crippen LogP contribution is 2.30. The smallest absolute Gasteiger partial charge is 0.339 e. The molecule has 1 atom stereocenters. The molecule has 0 bridgehead atoms. The molecular formula is C20H16N2O3S. The lowest BCUT2D eigenvalue weighted by Gasteiger charge is -2.33. The Balaban J connectivity index is 1.52. The SMILES string of the molecule is C[C@@]1(C(=O)Nc2ccc(-c3nccs3)cc2)Cc2ccccc2C(=O)O1. The monoisotopic (exact) mass is 364 g/mol. The molecule has 2 heterocycles. The number of aromatic nitrogens is 1. The highest BCUT2D eigenvalue weighted by molar-refractivity contribution is 7.13. The summed E-state index contributed by atoms with van der Waals surface area (Å²) < 4.78 is 5.46. The van der Waals surface area contributed by atoms with Crippen LogP contribution in [0.3, 0.4) is 0 Å². The highest BCUT2D eigenvalue weighted by Gasteiger charge is 2.42. The zero-order valence-corrected chi connectivity index (χ0v) is 14.9. The summed E-state index contributed by atoms with van der Waals surface area (Å²) in [5.74, 6) is -0.814. The maximum absolute atomic E-state index is 12.8. The van der Waals surface area contributed by atoms with Crippen molar-refractivity contribution in [3.8, 4) is 10.6 Å². The van der Waals surface area contributed by atoms with E-state index in [0.29, 0.717) is 17.7 Å². The third-order valence-corrected chi connectivity index (χ3v) is 5.21. The summed E-state index contributed by atoms with van der Waals surface area (Å²) in [6.07, 6.45) is 2.10. The maximum Gasteiger partial charge on any atom is 0.339 e. The summed E-state index contributed by atoms with van der Waals surface area (Å²) in [4.78, 5) is 29.3. The number of nitrogens with one attached hydrogen (secondary N) is 1. The summed E-state index contributed by atoms with van der Waals surface area (Å²) in [5.41, 5.74) is 1.74. The largest absolute Gasteiger partial charge is 0.445 e. The summed E-state index contributed by atoms with van der Waals surface area (Å²) in [5, 5.41) is 5.68. The number of hydrogen-bond acceptors (Lipinski definition) is 5. The molecule has 130 valence electrons. The summed E-state index contributed by atoms with van der Waals surface area (Å²) in [6, 6.07) is 14.6. The number of cyclic esters (lactones) is 1. The number of benzene rings is 2. The summed E-state index contributed by atoms with van der Waals surface area (Å²) >= 11 is 1.56. The lowest BCUT2D eigenvalue weighted by Crippen LogP contribution is -2.48. The predicted molar refractivity (Wildman–Crippen MR) is 100 cm³/mol. The number of thiazole rings is 1. The molecule has 0 unspecified atom stereocenters. The molecule has 0 saturated carbocycles. The van der Waals surface area contributed by atoms with Crippen molar-refractivity contribution in [3.63, 3.8) is 0 Å². The molecule has 1 amide bonds. The molecule has 3 aromatic rings. The van der Waals surface area contributed by atoms with Crippen LogP contribution in [0.15, 0.2) is 60.1 Å². The predicted octanol–water partition coefficient (Wildman–Crippen LogP) is 3.92. The van der Waals surface area contributed by atoms with Crippen LogP contribution < -0.4 is 5.32 Å². The summed E-state index contributed by atoms with van der Waals surface area (Å²) in [7, 11) is 0. The first-order valence-corrected chi connectivity index (χ1v) is 9.06. The molecule has 6 heteroatoms. The second-order valence-electron chi connectivity index (χ2n) is 6.32. The third-order valence-electron chi connectivity index (χ3n) is 4.39. The zero-order chi connectivity index (χ0) is 18.1. The van der Waals surface area contributed by atoms with E-state index < -0.39 is 11.6 Å². The Hall–Kier alpha value is -2.99. The maximum atomic E-state index is 12.8. The van der Waals surface area contributed by atoms with Gasteiger partial charge in [0.15, 0.2) is 5.60 Å². The van der Waals surface area contributed by atoms with Gasteiger partial charge in [0, 0.05) is 29.2 Å². The van der Waals surface area contributed by atoms with E-state index in [4.69, 9.17) is 4.74 Å². The molecule has 1 aliphatic heterocycles. The van der Waals surface area contributed by atoms with Crippen LogP contribution in [0.4, 0.5) is 5.69 Å². The Labute approximate surface area is 154 Å². The summed E-state index contributed by atoms with van der Waals surface area (Å²) in [6.45, 7) is 1.64. The van der Waals surface area contributed by atoms with Gasteiger partial charge in [-0.05, 0) is 42.8 Å². The van der Waals surface area contributed by atoms with Gasteiger partial charge in [-0.15, -0.1) is 11.3 Å². The minimum atomic E-state index is -1.24. The fraction of sp³-hybridized carbons (Fsp3) is 0.150. The Bertz CT molecular complexity index is 967. The van der Waals surface area contributed by atoms with Gasteiger partial charge in [-0.1, -0.05) is 18.2 Å². The number of amides is 1. The number of esters is 1. The average molecular weight is 364 g/mol. The van der Waals surface area contributed by atoms with Gasteiger partial charge in [-0.2, -0.15) is 0 Å². The first-order valence-electron chi connectivity index (χ1n) is 8.18. The van der Waals surface area contributed by atoms with Crippen molar-refractivity contribution >= 4 is 28.9 Å². The van der Waals surface area contributed by atoms with Crippen LogP contribution in [0.2, 0.25) is 0 Å². The molecule has 0 fully saturated rings. The van der Waals surface area contributed by atoms with Crippen LogP contribution in [-0.4, -0.2) is 22.5 Å². The van der Waals surface area contributed by atoms with E-state index in [9.17, 15) is 9.59 Å². The Morgan fingerprint density at radius 3 is 2.69 bits per heavy atom. The van der Waals surface area contributed by atoms with Crippen molar-refractivity contribution in [1.29, 1.82) is 0 Å². The highest BCUT2D eigenvalue weighted by atomic mass is 32.1. The normalized spacial score (nSPS) is 18.7. The van der Waals surface area contributed by atoms with Crippen molar-refractivity contribution in [3.05, 3.63) is 71.2 Å². The Morgan fingerprint density at radius 1 is 1.19 bits per heavy atom. The molecule has 2 aromatic carbocycles. The molecule has 1 N–H and O–H groups in total. The zero-order valence-electron chi connectivity index (χ0n) is 14.1. The minimum absolute atomic E-state index is 0.345. The molecule has 0 radical (unpaired) electrons. The number of anilines is 1. The minimum Gasteiger partial charge on any atom is -0.445 e. The molecular weight excluding hydrogens is 348 g/mol. The van der Waals surface area contributed by atoms with Gasteiger partial charge in [0.1, 0.15) is 5.01 Å². The molecule has 0 saturated heterocycles. The van der Waals surface area contributed by atoms with Crippen molar-refractivity contribution in [1.82, 2.24) is 4.98 Å². The molecule has 4 rings (SSSR count). The van der Waals surface area contributed by atoms with E-state index in [2.05, 4.69) is 10.3 Å². The number of carbonyl (C=O) groups excluding carboxylic acids is 2. The lowest BCUT2D eigenvalue weighted by atomic mass is 9.89. The van der Waals surface area contributed by atoms with Crippen molar-refractivity contribution in [2.75, 3.05) is 5.32 Å². The van der Waals surface area contributed by atoms with Gasteiger partial charge in [0.2, 0.25) is 0 Å². The van der Waals surface area contributed by atoms with Crippen LogP contribution >= 0.6 is 11.3 Å². The third kappa shape index (κ3) is 2.99. The van der Waals surface area contributed by atoms with Crippen LogP contribution in [0.1, 0.15) is 22.8 Å². The van der Waals surface area contributed by atoms with Crippen LogP contribution in [0.25, 0.3) is 10.6 Å². The van der Waals surface area contributed by atoms with Gasteiger partial charge < -0.3 is 10.1 Å². The Kier molecular flexibility index (Phi) is 4.05. The van der Waals surface area contributed by atoms with E-state index >= 15 is 0 Å². The van der Waals surface area contributed by atoms with Gasteiger partial charge in [-0.25, -0.2) is 9.78 Å². The first kappa shape index (κ1) is 16.5. The quantitative estimate of drug-likeness (QED) is 0.715. The molecule has 5 nitrogen and oxygen atoms in total.